The Morgan fingerprint density at radius 3 is 2.62 bits per heavy atom. The zero-order valence-corrected chi connectivity index (χ0v) is 8.55. The largest absolute Gasteiger partial charge is 0.613 e. The van der Waals surface area contributed by atoms with Crippen molar-refractivity contribution in [1.29, 1.82) is 0 Å². The smallest absolute Gasteiger partial charge is 0.392 e. The van der Waals surface area contributed by atoms with Gasteiger partial charge in [0.2, 0.25) is 0 Å². The van der Waals surface area contributed by atoms with E-state index in [1.54, 1.807) is 0 Å². The molecule has 5 N–H and O–H groups in total. The average molecular weight is 240 g/mol. The van der Waals surface area contributed by atoms with Gasteiger partial charge in [0, 0.05) is 6.42 Å². The summed E-state index contributed by atoms with van der Waals surface area (Å²) in [6.07, 6.45) is -4.57. The number of nitrogens with two attached hydrogens (primary N) is 1. The Bertz CT molecular complexity index is 262. The second-order valence-electron chi connectivity index (χ2n) is 4.42. The SMILES string of the molecule is NC1NC2CCC(C(F)(F)F)CC2[NH+]([O-])N1. The van der Waals surface area contributed by atoms with Crippen LogP contribution in [0.5, 0.6) is 0 Å². The van der Waals surface area contributed by atoms with E-state index in [4.69, 9.17) is 5.73 Å². The lowest BCUT2D eigenvalue weighted by Crippen LogP contribution is -3.23. The fourth-order valence-electron chi connectivity index (χ4n) is 2.49. The zero-order chi connectivity index (χ0) is 11.9. The first kappa shape index (κ1) is 12.1. The van der Waals surface area contributed by atoms with Crippen molar-refractivity contribution in [2.45, 2.75) is 43.8 Å². The molecule has 1 aliphatic heterocycles. The molecule has 5 atom stereocenters. The minimum Gasteiger partial charge on any atom is -0.613 e. The maximum Gasteiger partial charge on any atom is 0.392 e. The van der Waals surface area contributed by atoms with Crippen molar-refractivity contribution in [3.05, 3.63) is 5.21 Å². The summed E-state index contributed by atoms with van der Waals surface area (Å²) < 4.78 is 37.6. The molecule has 2 fully saturated rings. The van der Waals surface area contributed by atoms with E-state index < -0.39 is 24.4 Å². The lowest BCUT2D eigenvalue weighted by atomic mass is 9.81. The molecule has 16 heavy (non-hydrogen) atoms. The average Bonchev–Trinajstić information content (AvgIpc) is 2.15. The minimum absolute atomic E-state index is 0.0671. The number of rotatable bonds is 0. The molecule has 0 amide bonds. The van der Waals surface area contributed by atoms with Crippen LogP contribution >= 0.6 is 0 Å². The highest BCUT2D eigenvalue weighted by molar-refractivity contribution is 4.89. The van der Waals surface area contributed by atoms with Crippen LogP contribution < -0.4 is 21.6 Å². The topological polar surface area (TPSA) is 77.6 Å². The number of halogens is 3. The molecule has 0 spiro atoms. The molecule has 1 saturated heterocycles. The van der Waals surface area contributed by atoms with Gasteiger partial charge in [-0.15, -0.1) is 5.43 Å². The molecule has 0 aromatic carbocycles. The van der Waals surface area contributed by atoms with Crippen LogP contribution in [-0.4, -0.2) is 24.5 Å². The van der Waals surface area contributed by atoms with Crippen LogP contribution in [0.2, 0.25) is 0 Å². The van der Waals surface area contributed by atoms with E-state index in [0.29, 0.717) is 6.42 Å². The van der Waals surface area contributed by atoms with Gasteiger partial charge >= 0.3 is 6.18 Å². The fraction of sp³-hybridized carbons (Fsp3) is 1.00. The highest BCUT2D eigenvalue weighted by atomic mass is 19.4. The number of quaternary nitrogens is 1. The predicted molar refractivity (Wildman–Crippen MR) is 49.5 cm³/mol. The lowest BCUT2D eigenvalue weighted by Gasteiger charge is -2.47. The van der Waals surface area contributed by atoms with Gasteiger partial charge in [-0.2, -0.15) is 13.2 Å². The number of hydroxylamine groups is 1. The van der Waals surface area contributed by atoms with Crippen molar-refractivity contribution in [3.8, 4) is 0 Å². The van der Waals surface area contributed by atoms with E-state index in [0.717, 1.165) is 0 Å². The molecule has 0 aromatic rings. The highest BCUT2D eigenvalue weighted by Gasteiger charge is 2.48. The Morgan fingerprint density at radius 1 is 1.31 bits per heavy atom. The first-order valence-corrected chi connectivity index (χ1v) is 5.26. The van der Waals surface area contributed by atoms with Gasteiger partial charge in [-0.3, -0.25) is 16.2 Å². The molecular weight excluding hydrogens is 225 g/mol. The van der Waals surface area contributed by atoms with Crippen molar-refractivity contribution in [3.63, 3.8) is 0 Å². The van der Waals surface area contributed by atoms with Crippen molar-refractivity contribution in [2.75, 3.05) is 0 Å². The molecule has 5 unspecified atom stereocenters. The molecule has 1 saturated carbocycles. The number of alkyl halides is 3. The van der Waals surface area contributed by atoms with Crippen LogP contribution in [0.4, 0.5) is 13.2 Å². The first-order chi connectivity index (χ1) is 7.38. The summed E-state index contributed by atoms with van der Waals surface area (Å²) in [4.78, 5) is 0. The summed E-state index contributed by atoms with van der Waals surface area (Å²) in [7, 11) is 0. The predicted octanol–water partition coefficient (Wildman–Crippen LogP) is -1.18. The van der Waals surface area contributed by atoms with Gasteiger partial charge in [-0.1, -0.05) is 0 Å². The molecular formula is C8H15F3N4O. The molecule has 2 rings (SSSR count). The van der Waals surface area contributed by atoms with Crippen molar-refractivity contribution < 1.29 is 18.3 Å². The van der Waals surface area contributed by atoms with Gasteiger partial charge in [-0.25, -0.2) is 0 Å². The molecule has 5 nitrogen and oxygen atoms in total. The van der Waals surface area contributed by atoms with Crippen LogP contribution in [-0.2, 0) is 0 Å². The van der Waals surface area contributed by atoms with Crippen molar-refractivity contribution >= 4 is 0 Å². The Balaban J connectivity index is 2.03. The third kappa shape index (κ3) is 2.30. The molecule has 1 heterocycles. The summed E-state index contributed by atoms with van der Waals surface area (Å²) in [6.45, 7) is 0. The Labute approximate surface area is 90.7 Å². The first-order valence-electron chi connectivity index (χ1n) is 5.26. The van der Waals surface area contributed by atoms with E-state index in [1.165, 1.54) is 0 Å². The van der Waals surface area contributed by atoms with Gasteiger partial charge in [-0.05, 0) is 12.8 Å². The summed E-state index contributed by atoms with van der Waals surface area (Å²) >= 11 is 0. The highest BCUT2D eigenvalue weighted by Crippen LogP contribution is 2.37. The summed E-state index contributed by atoms with van der Waals surface area (Å²) in [6, 6.07) is -0.831. The normalized spacial score (nSPS) is 45.2. The van der Waals surface area contributed by atoms with Gasteiger partial charge in [0.25, 0.3) is 0 Å². The molecule has 0 aromatic heterocycles. The van der Waals surface area contributed by atoms with E-state index in [9.17, 15) is 18.4 Å². The van der Waals surface area contributed by atoms with Crippen LogP contribution in [0.3, 0.4) is 0 Å². The maximum absolute atomic E-state index is 12.5. The Hall–Kier alpha value is -0.410. The number of nitrogens with one attached hydrogen (secondary N) is 3. The van der Waals surface area contributed by atoms with E-state index >= 15 is 0 Å². The molecule has 1 aliphatic carbocycles. The Morgan fingerprint density at radius 2 is 2.00 bits per heavy atom. The van der Waals surface area contributed by atoms with Crippen LogP contribution in [0, 0.1) is 11.1 Å². The Kier molecular flexibility index (Phi) is 3.10. The minimum atomic E-state index is -4.20. The van der Waals surface area contributed by atoms with E-state index in [2.05, 4.69) is 10.7 Å². The molecule has 0 bridgehead atoms. The summed E-state index contributed by atoms with van der Waals surface area (Å²) in [5.74, 6) is -1.37. The maximum atomic E-state index is 12.5. The van der Waals surface area contributed by atoms with Crippen LogP contribution in [0.25, 0.3) is 0 Å². The lowest BCUT2D eigenvalue weighted by molar-refractivity contribution is -0.935. The van der Waals surface area contributed by atoms with Gasteiger partial charge < -0.3 is 5.21 Å². The number of hydrogen-bond acceptors (Lipinski definition) is 4. The third-order valence-corrected chi connectivity index (χ3v) is 3.34. The molecule has 8 heteroatoms. The van der Waals surface area contributed by atoms with Gasteiger partial charge in [0.05, 0.1) is 12.0 Å². The molecule has 94 valence electrons. The quantitative estimate of drug-likeness (QED) is 0.402. The number of hydrogen-bond donors (Lipinski definition) is 4. The summed E-state index contributed by atoms with van der Waals surface area (Å²) in [5.41, 5.74) is 7.90. The standard InChI is InChI=1S/C8H15F3N4O/c9-8(10,11)4-1-2-5-6(3-4)15(16)14-7(12)13-5/h4-7,13-15H,1-3,12H2. The fourth-order valence-corrected chi connectivity index (χ4v) is 2.49. The third-order valence-electron chi connectivity index (χ3n) is 3.34. The van der Waals surface area contributed by atoms with Crippen molar-refractivity contribution in [2.24, 2.45) is 11.7 Å². The van der Waals surface area contributed by atoms with Gasteiger partial charge in [0.15, 0.2) is 6.29 Å². The molecule has 0 radical (unpaired) electrons. The second kappa shape index (κ2) is 4.11. The second-order valence-corrected chi connectivity index (χ2v) is 4.42. The van der Waals surface area contributed by atoms with Gasteiger partial charge in [0.1, 0.15) is 6.04 Å². The van der Waals surface area contributed by atoms with Crippen LogP contribution in [0.15, 0.2) is 0 Å². The van der Waals surface area contributed by atoms with E-state index in [1.807, 2.05) is 0 Å². The van der Waals surface area contributed by atoms with Crippen LogP contribution in [0.1, 0.15) is 19.3 Å². The van der Waals surface area contributed by atoms with E-state index in [-0.39, 0.29) is 24.1 Å². The zero-order valence-electron chi connectivity index (χ0n) is 8.55. The monoisotopic (exact) mass is 240 g/mol. The summed E-state index contributed by atoms with van der Waals surface area (Å²) in [5, 5.41) is 14.0. The van der Waals surface area contributed by atoms with Crippen molar-refractivity contribution in [1.82, 2.24) is 10.7 Å². The number of fused-ring (bicyclic) bond motifs is 1. The molecule has 2 aliphatic rings.